The van der Waals surface area contributed by atoms with Gasteiger partial charge in [-0.15, -0.1) is 0 Å². The van der Waals surface area contributed by atoms with Crippen molar-refractivity contribution in [3.63, 3.8) is 0 Å². The third kappa shape index (κ3) is 3.38. The fourth-order valence-corrected chi connectivity index (χ4v) is 3.00. The van der Waals surface area contributed by atoms with Gasteiger partial charge in [0.15, 0.2) is 11.5 Å². The second-order valence-corrected chi connectivity index (χ2v) is 6.11. The van der Waals surface area contributed by atoms with Crippen molar-refractivity contribution in [3.8, 4) is 17.2 Å². The van der Waals surface area contributed by atoms with Crippen LogP contribution < -0.4 is 24.4 Å². The number of barbiturate groups is 1. The van der Waals surface area contributed by atoms with Crippen molar-refractivity contribution >= 4 is 29.6 Å². The predicted octanol–water partition coefficient (Wildman–Crippen LogP) is 2.62. The summed E-state index contributed by atoms with van der Waals surface area (Å²) < 4.78 is 29.8. The molecule has 0 aliphatic carbocycles. The minimum absolute atomic E-state index is 0.00150. The Morgan fingerprint density at radius 1 is 1.17 bits per heavy atom. The van der Waals surface area contributed by atoms with Gasteiger partial charge in [0.2, 0.25) is 6.79 Å². The molecule has 2 aliphatic rings. The zero-order valence-corrected chi connectivity index (χ0v) is 15.2. The molecular weight excluding hydrogens is 383 g/mol. The number of carbonyl (C=O) groups excluding carboxylic acids is 3. The largest absolute Gasteiger partial charge is 0.493 e. The van der Waals surface area contributed by atoms with Gasteiger partial charge in [-0.25, -0.2) is 14.1 Å². The topological polar surface area (TPSA) is 94.2 Å². The summed E-state index contributed by atoms with van der Waals surface area (Å²) >= 11 is 0. The second kappa shape index (κ2) is 7.27. The van der Waals surface area contributed by atoms with Crippen molar-refractivity contribution in [2.75, 3.05) is 18.3 Å². The number of imide groups is 2. The molecule has 4 rings (SSSR count). The predicted molar refractivity (Wildman–Crippen MR) is 99.1 cm³/mol. The van der Waals surface area contributed by atoms with Gasteiger partial charge in [-0.2, -0.15) is 0 Å². The summed E-state index contributed by atoms with van der Waals surface area (Å²) in [5.74, 6) is -1.09. The molecule has 29 heavy (non-hydrogen) atoms. The summed E-state index contributed by atoms with van der Waals surface area (Å²) in [7, 11) is 0. The molecule has 0 spiro atoms. The highest BCUT2D eigenvalue weighted by molar-refractivity contribution is 6.39. The van der Waals surface area contributed by atoms with Crippen molar-refractivity contribution < 1.29 is 33.0 Å². The molecule has 9 heteroatoms. The van der Waals surface area contributed by atoms with E-state index in [0.717, 1.165) is 6.07 Å². The van der Waals surface area contributed by atoms with Gasteiger partial charge in [0.05, 0.1) is 12.3 Å². The van der Waals surface area contributed by atoms with Crippen molar-refractivity contribution in [3.05, 3.63) is 53.4 Å². The molecule has 0 unspecified atom stereocenters. The quantitative estimate of drug-likeness (QED) is 0.629. The first kappa shape index (κ1) is 18.5. The molecule has 148 valence electrons. The smallest absolute Gasteiger partial charge is 0.335 e. The van der Waals surface area contributed by atoms with Crippen LogP contribution in [0.5, 0.6) is 17.2 Å². The number of nitrogens with one attached hydrogen (secondary N) is 1. The Morgan fingerprint density at radius 2 is 1.93 bits per heavy atom. The molecule has 0 saturated carbocycles. The van der Waals surface area contributed by atoms with Gasteiger partial charge in [0.1, 0.15) is 17.1 Å². The molecule has 0 radical (unpaired) electrons. The highest BCUT2D eigenvalue weighted by Gasteiger charge is 2.37. The van der Waals surface area contributed by atoms with Crippen LogP contribution in [-0.2, 0) is 9.59 Å². The standard InChI is InChI=1S/C20H15FN2O6/c1-2-27-15-9-17-16(28-10-29-17)7-11(15)6-14-18(24)22-20(26)23(19(14)25)13-5-3-4-12(21)8-13/h3-9H,2,10H2,1H3,(H,22,24,26)/b14-6-. The second-order valence-electron chi connectivity index (χ2n) is 6.11. The summed E-state index contributed by atoms with van der Waals surface area (Å²) in [6.45, 7) is 2.16. The highest BCUT2D eigenvalue weighted by atomic mass is 19.1. The SMILES string of the molecule is CCOc1cc2c(cc1/C=C1/C(=O)NC(=O)N(c3cccc(F)c3)C1=O)OCO2. The van der Waals surface area contributed by atoms with Crippen molar-refractivity contribution in [2.24, 2.45) is 0 Å². The minimum atomic E-state index is -0.960. The first-order valence-electron chi connectivity index (χ1n) is 8.71. The maximum atomic E-state index is 13.6. The average Bonchev–Trinajstić information content (AvgIpc) is 3.12. The minimum Gasteiger partial charge on any atom is -0.493 e. The molecule has 2 aromatic carbocycles. The van der Waals surface area contributed by atoms with E-state index >= 15 is 0 Å². The first-order valence-corrected chi connectivity index (χ1v) is 8.71. The third-order valence-electron chi connectivity index (χ3n) is 4.27. The van der Waals surface area contributed by atoms with Gasteiger partial charge in [0, 0.05) is 11.6 Å². The Labute approximate surface area is 164 Å². The lowest BCUT2D eigenvalue weighted by atomic mass is 10.1. The Hall–Kier alpha value is -3.88. The molecule has 0 atom stereocenters. The van der Waals surface area contributed by atoms with Gasteiger partial charge in [-0.3, -0.25) is 14.9 Å². The Balaban J connectivity index is 1.77. The van der Waals surface area contributed by atoms with Crippen molar-refractivity contribution in [2.45, 2.75) is 6.92 Å². The van der Waals surface area contributed by atoms with Crippen LogP contribution in [-0.4, -0.2) is 31.2 Å². The summed E-state index contributed by atoms with van der Waals surface area (Å²) in [5.41, 5.74) is 0.0819. The van der Waals surface area contributed by atoms with Crippen LogP contribution >= 0.6 is 0 Å². The lowest BCUT2D eigenvalue weighted by Gasteiger charge is -2.26. The highest BCUT2D eigenvalue weighted by Crippen LogP contribution is 2.39. The number of urea groups is 1. The zero-order valence-electron chi connectivity index (χ0n) is 15.2. The van der Waals surface area contributed by atoms with Crippen LogP contribution in [0.15, 0.2) is 42.0 Å². The van der Waals surface area contributed by atoms with Crippen LogP contribution in [0.3, 0.4) is 0 Å². The van der Waals surface area contributed by atoms with Crippen LogP contribution in [0.2, 0.25) is 0 Å². The van der Waals surface area contributed by atoms with Crippen LogP contribution in [0, 0.1) is 5.82 Å². The molecule has 2 aromatic rings. The molecule has 2 heterocycles. The number of carbonyl (C=O) groups is 3. The lowest BCUT2D eigenvalue weighted by molar-refractivity contribution is -0.122. The maximum Gasteiger partial charge on any atom is 0.335 e. The number of amides is 4. The van der Waals surface area contributed by atoms with Crippen LogP contribution in [0.1, 0.15) is 12.5 Å². The van der Waals surface area contributed by atoms with Gasteiger partial charge >= 0.3 is 6.03 Å². The number of nitrogens with zero attached hydrogens (tertiary/aromatic N) is 1. The summed E-state index contributed by atoms with van der Waals surface area (Å²) in [6, 6.07) is 7.16. The average molecular weight is 398 g/mol. The molecule has 0 bridgehead atoms. The van der Waals surface area contributed by atoms with Crippen molar-refractivity contribution in [1.82, 2.24) is 5.32 Å². The van der Waals surface area contributed by atoms with E-state index in [2.05, 4.69) is 5.32 Å². The van der Waals surface area contributed by atoms with E-state index in [9.17, 15) is 18.8 Å². The molecule has 0 aromatic heterocycles. The molecule has 1 N–H and O–H groups in total. The van der Waals surface area contributed by atoms with Gasteiger partial charge in [-0.05, 0) is 37.3 Å². The number of hydrogen-bond donors (Lipinski definition) is 1. The molecular formula is C20H15FN2O6. The van der Waals surface area contributed by atoms with E-state index in [-0.39, 0.29) is 18.1 Å². The summed E-state index contributed by atoms with van der Waals surface area (Å²) in [5, 5.41) is 2.09. The molecule has 1 saturated heterocycles. The summed E-state index contributed by atoms with van der Waals surface area (Å²) in [6.07, 6.45) is 1.29. The number of ether oxygens (including phenoxy) is 3. The van der Waals surface area contributed by atoms with E-state index < -0.39 is 23.7 Å². The number of benzene rings is 2. The molecule has 1 fully saturated rings. The fraction of sp³-hybridized carbons (Fsp3) is 0.150. The number of fused-ring (bicyclic) bond motifs is 1. The van der Waals surface area contributed by atoms with E-state index in [0.29, 0.717) is 34.3 Å². The number of hydrogen-bond acceptors (Lipinski definition) is 6. The number of rotatable bonds is 4. The zero-order chi connectivity index (χ0) is 20.5. The lowest BCUT2D eigenvalue weighted by Crippen LogP contribution is -2.54. The van der Waals surface area contributed by atoms with Crippen LogP contribution in [0.25, 0.3) is 6.08 Å². The van der Waals surface area contributed by atoms with E-state index in [4.69, 9.17) is 14.2 Å². The van der Waals surface area contributed by atoms with E-state index in [1.165, 1.54) is 24.3 Å². The Kier molecular flexibility index (Phi) is 4.63. The first-order chi connectivity index (χ1) is 14.0. The Morgan fingerprint density at radius 3 is 2.66 bits per heavy atom. The Bertz CT molecular complexity index is 1060. The fourth-order valence-electron chi connectivity index (χ4n) is 3.00. The number of halogens is 1. The third-order valence-corrected chi connectivity index (χ3v) is 4.27. The molecule has 8 nitrogen and oxygen atoms in total. The van der Waals surface area contributed by atoms with Gasteiger partial charge < -0.3 is 14.2 Å². The van der Waals surface area contributed by atoms with Crippen molar-refractivity contribution in [1.29, 1.82) is 0 Å². The molecule has 2 aliphatic heterocycles. The normalized spacial score (nSPS) is 17.0. The van der Waals surface area contributed by atoms with Gasteiger partial charge in [-0.1, -0.05) is 6.07 Å². The van der Waals surface area contributed by atoms with E-state index in [1.807, 2.05) is 0 Å². The number of anilines is 1. The van der Waals surface area contributed by atoms with E-state index in [1.54, 1.807) is 19.1 Å². The van der Waals surface area contributed by atoms with Gasteiger partial charge in [0.25, 0.3) is 11.8 Å². The molecule has 4 amide bonds. The van der Waals surface area contributed by atoms with Crippen LogP contribution in [0.4, 0.5) is 14.9 Å². The monoisotopic (exact) mass is 398 g/mol. The maximum absolute atomic E-state index is 13.6. The summed E-state index contributed by atoms with van der Waals surface area (Å²) in [4.78, 5) is 38.2.